The molecule has 0 heterocycles. The lowest BCUT2D eigenvalue weighted by atomic mass is 10.1. The van der Waals surface area contributed by atoms with Crippen LogP contribution < -0.4 is 5.19 Å². The number of benzene rings is 2. The third-order valence-electron chi connectivity index (χ3n) is 2.32. The first-order valence-corrected chi connectivity index (χ1v) is 9.83. The highest BCUT2D eigenvalue weighted by molar-refractivity contribution is 7.69. The normalized spacial score (nSPS) is 11.4. The van der Waals surface area contributed by atoms with Crippen molar-refractivity contribution in [2.45, 2.75) is 0 Å². The first-order valence-electron chi connectivity index (χ1n) is 4.80. The van der Waals surface area contributed by atoms with E-state index in [0.717, 1.165) is 10.8 Å². The predicted octanol–water partition coefficient (Wildman–Crippen LogP) is 4.22. The van der Waals surface area contributed by atoms with Crippen LogP contribution in [0.15, 0.2) is 54.6 Å². The molecule has 0 atom stereocenters. The number of halogens is 3. The molecular weight excluding hydrogens is 279 g/mol. The van der Waals surface area contributed by atoms with E-state index in [4.69, 9.17) is 33.2 Å². The van der Waals surface area contributed by atoms with Crippen LogP contribution in [0.5, 0.6) is 0 Å². The van der Waals surface area contributed by atoms with E-state index in [0.29, 0.717) is 0 Å². The Bertz CT molecular complexity index is 460. The highest BCUT2D eigenvalue weighted by Crippen LogP contribution is 2.22. The van der Waals surface area contributed by atoms with Crippen LogP contribution in [-0.4, -0.2) is 6.00 Å². The fourth-order valence-electron chi connectivity index (χ4n) is 1.48. The van der Waals surface area contributed by atoms with E-state index in [1.165, 1.54) is 5.56 Å². The maximum Gasteiger partial charge on any atom is 0.372 e. The van der Waals surface area contributed by atoms with Gasteiger partial charge in [-0.25, -0.2) is 0 Å². The molecule has 4 heteroatoms. The molecule has 0 saturated carbocycles. The van der Waals surface area contributed by atoms with Crippen molar-refractivity contribution in [3.8, 4) is 11.1 Å². The van der Waals surface area contributed by atoms with E-state index < -0.39 is 6.00 Å². The van der Waals surface area contributed by atoms with Gasteiger partial charge in [0.25, 0.3) is 0 Å². The van der Waals surface area contributed by atoms with Crippen LogP contribution >= 0.6 is 33.2 Å². The highest BCUT2D eigenvalue weighted by atomic mass is 35.8. The quantitative estimate of drug-likeness (QED) is 0.573. The first-order chi connectivity index (χ1) is 7.57. The Kier molecular flexibility index (Phi) is 3.60. The van der Waals surface area contributed by atoms with Crippen molar-refractivity contribution in [2.24, 2.45) is 0 Å². The Balaban J connectivity index is 2.34. The summed E-state index contributed by atoms with van der Waals surface area (Å²) < 4.78 is 0. The SMILES string of the molecule is Cl[Si](Cl)(Cl)c1ccc(-c2ccccc2)cc1. The van der Waals surface area contributed by atoms with Crippen LogP contribution in [0.1, 0.15) is 0 Å². The second-order valence-electron chi connectivity index (χ2n) is 3.44. The molecule has 0 nitrogen and oxygen atoms in total. The minimum absolute atomic E-state index is 0.817. The van der Waals surface area contributed by atoms with Crippen LogP contribution in [0.4, 0.5) is 0 Å². The van der Waals surface area contributed by atoms with Gasteiger partial charge in [0.05, 0.1) is 0 Å². The lowest BCUT2D eigenvalue weighted by Gasteiger charge is -2.09. The molecule has 0 N–H and O–H groups in total. The Morgan fingerprint density at radius 2 is 1.12 bits per heavy atom. The van der Waals surface area contributed by atoms with Gasteiger partial charge < -0.3 is 0 Å². The second-order valence-corrected chi connectivity index (χ2v) is 11.9. The zero-order chi connectivity index (χ0) is 11.6. The first kappa shape index (κ1) is 12.0. The van der Waals surface area contributed by atoms with Crippen LogP contribution in [0, 0.1) is 0 Å². The molecule has 0 aliphatic rings. The van der Waals surface area contributed by atoms with Crippen LogP contribution in [-0.2, 0) is 0 Å². The lowest BCUT2D eigenvalue weighted by molar-refractivity contribution is 1.64. The molecule has 0 amide bonds. The van der Waals surface area contributed by atoms with Gasteiger partial charge in [0, 0.05) is 0 Å². The maximum atomic E-state index is 5.93. The molecule has 0 radical (unpaired) electrons. The summed E-state index contributed by atoms with van der Waals surface area (Å²) in [6.07, 6.45) is 0. The summed E-state index contributed by atoms with van der Waals surface area (Å²) in [4.78, 5) is 0. The molecule has 0 fully saturated rings. The second kappa shape index (κ2) is 4.80. The van der Waals surface area contributed by atoms with Crippen molar-refractivity contribution in [3.05, 3.63) is 54.6 Å². The number of hydrogen-bond acceptors (Lipinski definition) is 0. The zero-order valence-corrected chi connectivity index (χ0v) is 11.6. The summed E-state index contributed by atoms with van der Waals surface area (Å²) in [5.41, 5.74) is 2.30. The Hall–Kier alpha value is -0.473. The van der Waals surface area contributed by atoms with Crippen molar-refractivity contribution in [1.82, 2.24) is 0 Å². The van der Waals surface area contributed by atoms with Gasteiger partial charge in [0.1, 0.15) is 0 Å². The van der Waals surface area contributed by atoms with Gasteiger partial charge >= 0.3 is 6.00 Å². The molecule has 0 aliphatic carbocycles. The minimum Gasteiger partial charge on any atom is -0.121 e. The monoisotopic (exact) mass is 286 g/mol. The molecule has 0 aliphatic heterocycles. The third kappa shape index (κ3) is 2.80. The van der Waals surface area contributed by atoms with Gasteiger partial charge in [-0.15, -0.1) is 33.2 Å². The van der Waals surface area contributed by atoms with Gasteiger partial charge in [-0.2, -0.15) is 0 Å². The van der Waals surface area contributed by atoms with E-state index >= 15 is 0 Å². The summed E-state index contributed by atoms with van der Waals surface area (Å²) >= 11 is 17.8. The van der Waals surface area contributed by atoms with E-state index in [9.17, 15) is 0 Å². The molecule has 2 aromatic rings. The third-order valence-corrected chi connectivity index (χ3v) is 5.27. The average Bonchev–Trinajstić information content (AvgIpc) is 2.29. The largest absolute Gasteiger partial charge is 0.372 e. The van der Waals surface area contributed by atoms with Gasteiger partial charge in [-0.1, -0.05) is 54.6 Å². The van der Waals surface area contributed by atoms with Crippen LogP contribution in [0.25, 0.3) is 11.1 Å². The molecule has 0 unspecified atom stereocenters. The molecule has 0 aromatic heterocycles. The Morgan fingerprint density at radius 3 is 1.62 bits per heavy atom. The van der Waals surface area contributed by atoms with Crippen molar-refractivity contribution >= 4 is 44.4 Å². The Morgan fingerprint density at radius 1 is 0.625 bits per heavy atom. The molecule has 0 bridgehead atoms. The van der Waals surface area contributed by atoms with Gasteiger partial charge in [-0.3, -0.25) is 0 Å². The summed E-state index contributed by atoms with van der Waals surface area (Å²) in [5, 5.41) is 0.817. The van der Waals surface area contributed by atoms with E-state index in [1.807, 2.05) is 42.5 Å². The van der Waals surface area contributed by atoms with Crippen LogP contribution in [0.2, 0.25) is 0 Å². The summed E-state index contributed by atoms with van der Waals surface area (Å²) in [7, 11) is 0. The molecule has 16 heavy (non-hydrogen) atoms. The fourth-order valence-corrected chi connectivity index (χ4v) is 3.16. The van der Waals surface area contributed by atoms with E-state index in [1.54, 1.807) is 0 Å². The summed E-state index contributed by atoms with van der Waals surface area (Å²) in [6, 6.07) is 15.1. The minimum atomic E-state index is -2.74. The Labute approximate surface area is 110 Å². The van der Waals surface area contributed by atoms with E-state index in [-0.39, 0.29) is 0 Å². The lowest BCUT2D eigenvalue weighted by Crippen LogP contribution is -2.29. The van der Waals surface area contributed by atoms with Crippen molar-refractivity contribution in [1.29, 1.82) is 0 Å². The smallest absolute Gasteiger partial charge is 0.121 e. The molecule has 2 aromatic carbocycles. The fraction of sp³-hybridized carbons (Fsp3) is 0. The zero-order valence-electron chi connectivity index (χ0n) is 8.33. The van der Waals surface area contributed by atoms with Gasteiger partial charge in [0.2, 0.25) is 0 Å². The van der Waals surface area contributed by atoms with Crippen LogP contribution in [0.3, 0.4) is 0 Å². The van der Waals surface area contributed by atoms with Crippen molar-refractivity contribution in [3.63, 3.8) is 0 Å². The molecule has 0 saturated heterocycles. The summed E-state index contributed by atoms with van der Waals surface area (Å²) in [5.74, 6) is 0. The molecule has 0 spiro atoms. The average molecular weight is 288 g/mol. The topological polar surface area (TPSA) is 0 Å². The molecule has 2 rings (SSSR count). The number of rotatable bonds is 2. The van der Waals surface area contributed by atoms with E-state index in [2.05, 4.69) is 12.1 Å². The van der Waals surface area contributed by atoms with Crippen molar-refractivity contribution in [2.75, 3.05) is 0 Å². The maximum absolute atomic E-state index is 5.93. The van der Waals surface area contributed by atoms with Gasteiger partial charge in [0.15, 0.2) is 0 Å². The molecular formula is C12H9Cl3Si. The standard InChI is InChI=1S/C12H9Cl3Si/c13-16(14,15)12-8-6-11(7-9-12)10-4-2-1-3-5-10/h1-9H. The van der Waals surface area contributed by atoms with Gasteiger partial charge in [-0.05, 0) is 16.3 Å². The van der Waals surface area contributed by atoms with Crippen molar-refractivity contribution < 1.29 is 0 Å². The highest BCUT2D eigenvalue weighted by Gasteiger charge is 2.27. The number of hydrogen-bond donors (Lipinski definition) is 0. The summed E-state index contributed by atoms with van der Waals surface area (Å²) in [6.45, 7) is 0. The predicted molar refractivity (Wildman–Crippen MR) is 74.8 cm³/mol. The molecule has 82 valence electrons.